The summed E-state index contributed by atoms with van der Waals surface area (Å²) in [6.07, 6.45) is 0.753. The number of para-hydroxylation sites is 2. The lowest BCUT2D eigenvalue weighted by Crippen LogP contribution is -2.38. The molecule has 20 heavy (non-hydrogen) atoms. The number of amides is 2. The summed E-state index contributed by atoms with van der Waals surface area (Å²) >= 11 is 0. The standard InChI is InChI=1S/C14H23N3O3/c1-19-11-10-17(9-5-8-15)14(18)16-12-6-3-4-7-13(12)20-2/h3-4,6-7H,5,8-11,15H2,1-2H3,(H,16,18). The molecule has 0 saturated heterocycles. The fraction of sp³-hybridized carbons (Fsp3) is 0.500. The number of hydrogen-bond acceptors (Lipinski definition) is 4. The molecule has 0 spiro atoms. The lowest BCUT2D eigenvalue weighted by atomic mass is 10.3. The van der Waals surface area contributed by atoms with Crippen LogP contribution in [-0.4, -0.2) is 51.4 Å². The van der Waals surface area contributed by atoms with Crippen LogP contribution in [0.15, 0.2) is 24.3 Å². The maximum Gasteiger partial charge on any atom is 0.322 e. The minimum absolute atomic E-state index is 0.181. The second-order valence-corrected chi connectivity index (χ2v) is 4.25. The van der Waals surface area contributed by atoms with Crippen molar-refractivity contribution in [2.24, 2.45) is 5.73 Å². The van der Waals surface area contributed by atoms with Crippen molar-refractivity contribution in [3.05, 3.63) is 24.3 Å². The van der Waals surface area contributed by atoms with E-state index in [0.717, 1.165) is 6.42 Å². The summed E-state index contributed by atoms with van der Waals surface area (Å²) in [6, 6.07) is 7.12. The zero-order valence-electron chi connectivity index (χ0n) is 12.1. The van der Waals surface area contributed by atoms with Crippen LogP contribution in [-0.2, 0) is 4.74 Å². The molecule has 6 heteroatoms. The first-order chi connectivity index (χ1) is 9.72. The molecule has 0 fully saturated rings. The van der Waals surface area contributed by atoms with Gasteiger partial charge in [0.15, 0.2) is 0 Å². The fourth-order valence-electron chi connectivity index (χ4n) is 1.74. The molecule has 0 aliphatic carbocycles. The van der Waals surface area contributed by atoms with Crippen molar-refractivity contribution in [3.63, 3.8) is 0 Å². The van der Waals surface area contributed by atoms with Gasteiger partial charge in [0.2, 0.25) is 0 Å². The Morgan fingerprint density at radius 3 is 2.70 bits per heavy atom. The SMILES string of the molecule is COCCN(CCCN)C(=O)Nc1ccccc1OC. The molecule has 0 bridgehead atoms. The number of anilines is 1. The number of ether oxygens (including phenoxy) is 2. The third-order valence-electron chi connectivity index (χ3n) is 2.83. The highest BCUT2D eigenvalue weighted by molar-refractivity contribution is 5.90. The highest BCUT2D eigenvalue weighted by Crippen LogP contribution is 2.23. The minimum atomic E-state index is -0.181. The Hall–Kier alpha value is -1.79. The molecule has 6 nitrogen and oxygen atoms in total. The Balaban J connectivity index is 2.68. The Morgan fingerprint density at radius 1 is 1.30 bits per heavy atom. The number of carbonyl (C=O) groups excluding carboxylic acids is 1. The molecular formula is C14H23N3O3. The number of nitrogens with two attached hydrogens (primary N) is 1. The van der Waals surface area contributed by atoms with Gasteiger partial charge in [-0.3, -0.25) is 0 Å². The van der Waals surface area contributed by atoms with Crippen molar-refractivity contribution < 1.29 is 14.3 Å². The van der Waals surface area contributed by atoms with E-state index in [2.05, 4.69) is 5.32 Å². The molecule has 0 aromatic heterocycles. The molecule has 0 saturated carbocycles. The predicted molar refractivity (Wildman–Crippen MR) is 79.1 cm³/mol. The van der Waals surface area contributed by atoms with E-state index in [9.17, 15) is 4.79 Å². The molecule has 0 aliphatic heterocycles. The largest absolute Gasteiger partial charge is 0.495 e. The van der Waals surface area contributed by atoms with Crippen LogP contribution in [0, 0.1) is 0 Å². The Morgan fingerprint density at radius 2 is 2.05 bits per heavy atom. The van der Waals surface area contributed by atoms with Crippen molar-refractivity contribution in [1.82, 2.24) is 4.90 Å². The van der Waals surface area contributed by atoms with Gasteiger partial charge >= 0.3 is 6.03 Å². The topological polar surface area (TPSA) is 76.8 Å². The van der Waals surface area contributed by atoms with Crippen molar-refractivity contribution in [1.29, 1.82) is 0 Å². The van der Waals surface area contributed by atoms with Gasteiger partial charge in [-0.15, -0.1) is 0 Å². The van der Waals surface area contributed by atoms with Gasteiger partial charge in [0.25, 0.3) is 0 Å². The monoisotopic (exact) mass is 281 g/mol. The number of hydrogen-bond donors (Lipinski definition) is 2. The van der Waals surface area contributed by atoms with E-state index in [1.807, 2.05) is 12.1 Å². The number of benzene rings is 1. The van der Waals surface area contributed by atoms with Gasteiger partial charge in [0, 0.05) is 20.2 Å². The Kier molecular flexibility index (Phi) is 7.46. The molecule has 1 rings (SSSR count). The summed E-state index contributed by atoms with van der Waals surface area (Å²) in [4.78, 5) is 13.9. The number of urea groups is 1. The molecule has 3 N–H and O–H groups in total. The van der Waals surface area contributed by atoms with Gasteiger partial charge < -0.3 is 25.4 Å². The minimum Gasteiger partial charge on any atom is -0.495 e. The third-order valence-corrected chi connectivity index (χ3v) is 2.83. The first-order valence-electron chi connectivity index (χ1n) is 6.61. The number of rotatable bonds is 8. The van der Waals surface area contributed by atoms with Crippen LogP contribution in [0.25, 0.3) is 0 Å². The maximum absolute atomic E-state index is 12.3. The molecule has 1 aromatic carbocycles. The quantitative estimate of drug-likeness (QED) is 0.757. The van der Waals surface area contributed by atoms with Gasteiger partial charge in [0.1, 0.15) is 5.75 Å². The van der Waals surface area contributed by atoms with Gasteiger partial charge in [-0.2, -0.15) is 0 Å². The highest BCUT2D eigenvalue weighted by Gasteiger charge is 2.14. The summed E-state index contributed by atoms with van der Waals surface area (Å²) in [5.74, 6) is 0.631. The lowest BCUT2D eigenvalue weighted by Gasteiger charge is -2.23. The normalized spacial score (nSPS) is 10.2. The summed E-state index contributed by atoms with van der Waals surface area (Å²) in [5.41, 5.74) is 6.14. The van der Waals surface area contributed by atoms with Crippen LogP contribution in [0.1, 0.15) is 6.42 Å². The van der Waals surface area contributed by atoms with E-state index in [1.54, 1.807) is 31.3 Å². The van der Waals surface area contributed by atoms with Crippen molar-refractivity contribution in [3.8, 4) is 5.75 Å². The van der Waals surface area contributed by atoms with Crippen LogP contribution in [0.4, 0.5) is 10.5 Å². The fourth-order valence-corrected chi connectivity index (χ4v) is 1.74. The molecule has 112 valence electrons. The molecule has 0 aliphatic rings. The first kappa shape index (κ1) is 16.3. The second-order valence-electron chi connectivity index (χ2n) is 4.25. The van der Waals surface area contributed by atoms with Gasteiger partial charge in [0.05, 0.1) is 19.4 Å². The van der Waals surface area contributed by atoms with E-state index in [4.69, 9.17) is 15.2 Å². The average molecular weight is 281 g/mol. The van der Waals surface area contributed by atoms with Crippen LogP contribution in [0.2, 0.25) is 0 Å². The molecule has 2 amide bonds. The summed E-state index contributed by atoms with van der Waals surface area (Å²) < 4.78 is 10.2. The van der Waals surface area contributed by atoms with Crippen LogP contribution in [0.5, 0.6) is 5.75 Å². The molecule has 1 aromatic rings. The van der Waals surface area contributed by atoms with Crippen molar-refractivity contribution in [2.45, 2.75) is 6.42 Å². The summed E-state index contributed by atoms with van der Waals surface area (Å²) in [7, 11) is 3.18. The maximum atomic E-state index is 12.3. The van der Waals surface area contributed by atoms with E-state index in [-0.39, 0.29) is 6.03 Å². The van der Waals surface area contributed by atoms with Crippen LogP contribution in [0.3, 0.4) is 0 Å². The van der Waals surface area contributed by atoms with E-state index < -0.39 is 0 Å². The van der Waals surface area contributed by atoms with Crippen LogP contribution >= 0.6 is 0 Å². The van der Waals surface area contributed by atoms with E-state index in [1.165, 1.54) is 0 Å². The number of nitrogens with zero attached hydrogens (tertiary/aromatic N) is 1. The molecular weight excluding hydrogens is 258 g/mol. The predicted octanol–water partition coefficient (Wildman–Crippen LogP) is 1.52. The smallest absolute Gasteiger partial charge is 0.322 e. The molecule has 0 heterocycles. The average Bonchev–Trinajstić information content (AvgIpc) is 2.47. The molecule has 0 radical (unpaired) electrons. The number of nitrogens with one attached hydrogen (secondary N) is 1. The van der Waals surface area contributed by atoms with E-state index >= 15 is 0 Å². The summed E-state index contributed by atoms with van der Waals surface area (Å²) in [5, 5.41) is 2.84. The molecule has 0 atom stereocenters. The summed E-state index contributed by atoms with van der Waals surface area (Å²) in [6.45, 7) is 2.16. The second kappa shape index (κ2) is 9.17. The van der Waals surface area contributed by atoms with Gasteiger partial charge in [-0.1, -0.05) is 12.1 Å². The van der Waals surface area contributed by atoms with E-state index in [0.29, 0.717) is 37.7 Å². The third kappa shape index (κ3) is 5.07. The van der Waals surface area contributed by atoms with Gasteiger partial charge in [-0.05, 0) is 25.1 Å². The number of carbonyl (C=O) groups is 1. The van der Waals surface area contributed by atoms with Crippen molar-refractivity contribution in [2.75, 3.05) is 45.8 Å². The Labute approximate surface area is 119 Å². The number of methoxy groups -OCH3 is 2. The molecule has 0 unspecified atom stereocenters. The zero-order chi connectivity index (χ0) is 14.8. The first-order valence-corrected chi connectivity index (χ1v) is 6.61. The van der Waals surface area contributed by atoms with Crippen molar-refractivity contribution >= 4 is 11.7 Å². The van der Waals surface area contributed by atoms with Crippen LogP contribution < -0.4 is 15.8 Å². The van der Waals surface area contributed by atoms with Gasteiger partial charge in [-0.25, -0.2) is 4.79 Å². The highest BCUT2D eigenvalue weighted by atomic mass is 16.5. The Bertz CT molecular complexity index is 404. The lowest BCUT2D eigenvalue weighted by molar-refractivity contribution is 0.155. The zero-order valence-corrected chi connectivity index (χ0v) is 12.1.